The Hall–Kier alpha value is -2.82. The molecule has 0 saturated heterocycles. The number of rotatable bonds is 10. The maximum absolute atomic E-state index is 11.9. The largest absolute Gasteiger partial charge is 0.497 e. The zero-order chi connectivity index (χ0) is 23.3. The van der Waals surface area contributed by atoms with Gasteiger partial charge in [0.1, 0.15) is 12.3 Å². The number of guanidine groups is 1. The third kappa shape index (κ3) is 10.1. The third-order valence-corrected chi connectivity index (χ3v) is 4.86. The molecule has 9 heteroatoms. The van der Waals surface area contributed by atoms with Gasteiger partial charge in [-0.3, -0.25) is 9.59 Å². The van der Waals surface area contributed by atoms with Crippen molar-refractivity contribution < 1.29 is 14.3 Å². The number of carbonyl (C=O) groups excluding carboxylic acids is 2. The summed E-state index contributed by atoms with van der Waals surface area (Å²) >= 11 is 0. The monoisotopic (exact) mass is 567 g/mol. The number of hydrogen-bond acceptors (Lipinski definition) is 4. The van der Waals surface area contributed by atoms with Gasteiger partial charge < -0.3 is 25.6 Å². The van der Waals surface area contributed by atoms with Gasteiger partial charge in [0, 0.05) is 39.8 Å². The Morgan fingerprint density at radius 2 is 1.61 bits per heavy atom. The normalized spacial score (nSPS) is 10.6. The number of nitrogens with zero attached hydrogens (tertiary/aromatic N) is 2. The molecule has 8 nitrogen and oxygen atoms in total. The van der Waals surface area contributed by atoms with Crippen molar-refractivity contribution in [3.63, 3.8) is 0 Å². The molecule has 0 atom stereocenters. The van der Waals surface area contributed by atoms with Crippen molar-refractivity contribution in [1.29, 1.82) is 0 Å². The Kier molecular flexibility index (Phi) is 12.9. The lowest BCUT2D eigenvalue weighted by molar-refractivity contribution is -0.127. The summed E-state index contributed by atoms with van der Waals surface area (Å²) in [5, 5.41) is 9.20. The first kappa shape index (κ1) is 28.2. The SMILES string of the molecule is CNC(=O)c1cccc(CCNC(=NCC(=O)N(C)C)NCCc2ccc(OC)cc2)c1.I. The lowest BCUT2D eigenvalue weighted by Crippen LogP contribution is -2.40. The Balaban J connectivity index is 0.00000544. The topological polar surface area (TPSA) is 95.1 Å². The van der Waals surface area contributed by atoms with E-state index >= 15 is 0 Å². The smallest absolute Gasteiger partial charge is 0.251 e. The van der Waals surface area contributed by atoms with Crippen molar-refractivity contribution >= 4 is 41.8 Å². The van der Waals surface area contributed by atoms with E-state index in [1.54, 1.807) is 34.3 Å². The van der Waals surface area contributed by atoms with Crippen LogP contribution in [0, 0.1) is 0 Å². The lowest BCUT2D eigenvalue weighted by atomic mass is 10.1. The van der Waals surface area contributed by atoms with Gasteiger partial charge in [-0.15, -0.1) is 24.0 Å². The standard InChI is InChI=1S/C24H33N5O3.HI/c1-25-23(31)20-7-5-6-19(16-20)13-15-27-24(28-17-22(30)29(2)3)26-14-12-18-8-10-21(32-4)11-9-18;/h5-11,16H,12-15,17H2,1-4H3,(H,25,31)(H2,26,27,28);1H. The van der Waals surface area contributed by atoms with E-state index in [1.165, 1.54) is 10.5 Å². The first-order valence-electron chi connectivity index (χ1n) is 10.6. The Morgan fingerprint density at radius 3 is 2.18 bits per heavy atom. The van der Waals surface area contributed by atoms with Crippen molar-refractivity contribution in [2.24, 2.45) is 4.99 Å². The number of likely N-dealkylation sites (N-methyl/N-ethyl adjacent to an activating group) is 1. The van der Waals surface area contributed by atoms with E-state index in [0.29, 0.717) is 31.0 Å². The summed E-state index contributed by atoms with van der Waals surface area (Å²) < 4.78 is 5.19. The summed E-state index contributed by atoms with van der Waals surface area (Å²) in [5.74, 6) is 1.23. The fraction of sp³-hybridized carbons (Fsp3) is 0.375. The van der Waals surface area contributed by atoms with Crippen LogP contribution in [0.1, 0.15) is 21.5 Å². The molecule has 0 aliphatic rings. The highest BCUT2D eigenvalue weighted by Crippen LogP contribution is 2.11. The molecule has 0 radical (unpaired) electrons. The molecule has 0 aromatic heterocycles. The van der Waals surface area contributed by atoms with E-state index in [2.05, 4.69) is 20.9 Å². The molecule has 2 amide bonds. The molecular weight excluding hydrogens is 533 g/mol. The predicted molar refractivity (Wildman–Crippen MR) is 143 cm³/mol. The second-order valence-corrected chi connectivity index (χ2v) is 7.43. The maximum Gasteiger partial charge on any atom is 0.251 e. The number of benzene rings is 2. The average Bonchev–Trinajstić information content (AvgIpc) is 2.81. The highest BCUT2D eigenvalue weighted by Gasteiger charge is 2.06. The molecule has 0 heterocycles. The minimum Gasteiger partial charge on any atom is -0.497 e. The number of carbonyl (C=O) groups is 2. The van der Waals surface area contributed by atoms with Gasteiger partial charge in [-0.25, -0.2) is 4.99 Å². The lowest BCUT2D eigenvalue weighted by Gasteiger charge is -2.14. The molecular formula is C24H34IN5O3. The van der Waals surface area contributed by atoms with E-state index < -0.39 is 0 Å². The first-order valence-corrected chi connectivity index (χ1v) is 10.6. The van der Waals surface area contributed by atoms with Crippen LogP contribution < -0.4 is 20.7 Å². The minimum atomic E-state index is -0.107. The van der Waals surface area contributed by atoms with Gasteiger partial charge in [-0.2, -0.15) is 0 Å². The summed E-state index contributed by atoms with van der Waals surface area (Å²) in [6, 6.07) is 15.5. The van der Waals surface area contributed by atoms with E-state index in [1.807, 2.05) is 42.5 Å². The average molecular weight is 567 g/mol. The van der Waals surface area contributed by atoms with Crippen LogP contribution in [0.4, 0.5) is 0 Å². The Morgan fingerprint density at radius 1 is 0.970 bits per heavy atom. The molecule has 0 aliphatic heterocycles. The highest BCUT2D eigenvalue weighted by molar-refractivity contribution is 14.0. The van der Waals surface area contributed by atoms with E-state index in [-0.39, 0.29) is 42.3 Å². The summed E-state index contributed by atoms with van der Waals surface area (Å²) in [6.45, 7) is 1.35. The van der Waals surface area contributed by atoms with Gasteiger partial charge in [-0.1, -0.05) is 24.3 Å². The van der Waals surface area contributed by atoms with Gasteiger partial charge in [0.25, 0.3) is 5.91 Å². The molecule has 0 bridgehead atoms. The predicted octanol–water partition coefficient (Wildman–Crippen LogP) is 2.08. The number of ether oxygens (including phenoxy) is 1. The second-order valence-electron chi connectivity index (χ2n) is 7.43. The van der Waals surface area contributed by atoms with Crippen LogP contribution >= 0.6 is 24.0 Å². The quantitative estimate of drug-likeness (QED) is 0.232. The first-order chi connectivity index (χ1) is 15.4. The molecule has 180 valence electrons. The van der Waals surface area contributed by atoms with E-state index in [0.717, 1.165) is 17.7 Å². The zero-order valence-corrected chi connectivity index (χ0v) is 22.0. The van der Waals surface area contributed by atoms with Crippen molar-refractivity contribution in [2.75, 3.05) is 47.9 Å². The van der Waals surface area contributed by atoms with Gasteiger partial charge in [-0.05, 0) is 48.2 Å². The molecule has 2 rings (SSSR count). The van der Waals surface area contributed by atoms with E-state index in [9.17, 15) is 9.59 Å². The molecule has 2 aromatic carbocycles. The number of methoxy groups -OCH3 is 1. The van der Waals surface area contributed by atoms with Crippen LogP contribution in [0.5, 0.6) is 5.75 Å². The Bertz CT molecular complexity index is 917. The highest BCUT2D eigenvalue weighted by atomic mass is 127. The molecule has 0 saturated carbocycles. The summed E-state index contributed by atoms with van der Waals surface area (Å²) in [7, 11) is 6.68. The molecule has 0 spiro atoms. The molecule has 3 N–H and O–H groups in total. The molecule has 0 aliphatic carbocycles. The van der Waals surface area contributed by atoms with Crippen molar-refractivity contribution in [3.05, 3.63) is 65.2 Å². The van der Waals surface area contributed by atoms with Crippen LogP contribution in [-0.4, -0.2) is 70.6 Å². The Labute approximate surface area is 213 Å². The van der Waals surface area contributed by atoms with Gasteiger partial charge in [0.05, 0.1) is 7.11 Å². The summed E-state index contributed by atoms with van der Waals surface area (Å²) in [5.41, 5.74) is 2.85. The summed E-state index contributed by atoms with van der Waals surface area (Å²) in [4.78, 5) is 29.7. The fourth-order valence-corrected chi connectivity index (χ4v) is 2.92. The molecule has 2 aromatic rings. The fourth-order valence-electron chi connectivity index (χ4n) is 2.92. The zero-order valence-electron chi connectivity index (χ0n) is 19.7. The maximum atomic E-state index is 11.9. The van der Waals surface area contributed by atoms with Crippen LogP contribution in [-0.2, 0) is 17.6 Å². The molecule has 0 unspecified atom stereocenters. The number of hydrogen-bond donors (Lipinski definition) is 3. The minimum absolute atomic E-state index is 0. The van der Waals surface area contributed by atoms with Crippen molar-refractivity contribution in [1.82, 2.24) is 20.9 Å². The third-order valence-electron chi connectivity index (χ3n) is 4.86. The number of halogens is 1. The van der Waals surface area contributed by atoms with E-state index in [4.69, 9.17) is 4.74 Å². The molecule has 0 fully saturated rings. The van der Waals surface area contributed by atoms with Crippen molar-refractivity contribution in [2.45, 2.75) is 12.8 Å². The number of nitrogens with one attached hydrogen (secondary N) is 3. The van der Waals surface area contributed by atoms with Gasteiger partial charge >= 0.3 is 0 Å². The van der Waals surface area contributed by atoms with Crippen LogP contribution in [0.2, 0.25) is 0 Å². The number of amides is 2. The van der Waals surface area contributed by atoms with Crippen LogP contribution in [0.25, 0.3) is 0 Å². The van der Waals surface area contributed by atoms with Gasteiger partial charge in [0.2, 0.25) is 5.91 Å². The van der Waals surface area contributed by atoms with Crippen molar-refractivity contribution in [3.8, 4) is 5.75 Å². The summed E-state index contributed by atoms with van der Waals surface area (Å²) in [6.07, 6.45) is 1.52. The molecule has 33 heavy (non-hydrogen) atoms. The van der Waals surface area contributed by atoms with Crippen LogP contribution in [0.3, 0.4) is 0 Å². The van der Waals surface area contributed by atoms with Crippen LogP contribution in [0.15, 0.2) is 53.5 Å². The second kappa shape index (κ2) is 15.1. The van der Waals surface area contributed by atoms with Gasteiger partial charge in [0.15, 0.2) is 5.96 Å². The number of aliphatic imine (C=N–C) groups is 1.